The summed E-state index contributed by atoms with van der Waals surface area (Å²) in [7, 11) is 0. The second-order valence-electron chi connectivity index (χ2n) is 6.01. The third-order valence-electron chi connectivity index (χ3n) is 4.63. The molecule has 2 rings (SSSR count). The van der Waals surface area contributed by atoms with Crippen molar-refractivity contribution in [3.63, 3.8) is 0 Å². The molecular formula is C16H22BrIO3S. The number of halogens is 2. The molecule has 0 bridgehead atoms. The Labute approximate surface area is 158 Å². The summed E-state index contributed by atoms with van der Waals surface area (Å²) in [6.45, 7) is 2.14. The Hall–Kier alpha value is 0.180. The molecule has 0 saturated heterocycles. The topological polar surface area (TPSA) is 46.5 Å². The van der Waals surface area contributed by atoms with Crippen LogP contribution in [0.15, 0.2) is 9.85 Å². The van der Waals surface area contributed by atoms with Crippen molar-refractivity contribution in [1.82, 2.24) is 0 Å². The maximum atomic E-state index is 11.2. The normalized spacial score (nSPS) is 24.6. The molecule has 1 fully saturated rings. The number of ether oxygens (including phenoxy) is 1. The Kier molecular flexibility index (Phi) is 7.01. The highest BCUT2D eigenvalue weighted by molar-refractivity contribution is 14.1. The van der Waals surface area contributed by atoms with Gasteiger partial charge in [0.1, 0.15) is 5.60 Å². The van der Waals surface area contributed by atoms with E-state index in [-0.39, 0.29) is 0 Å². The molecule has 0 radical (unpaired) electrons. The zero-order valence-electron chi connectivity index (χ0n) is 12.7. The van der Waals surface area contributed by atoms with E-state index in [0.29, 0.717) is 5.92 Å². The molecule has 3 nitrogen and oxygen atoms in total. The van der Waals surface area contributed by atoms with Crippen LogP contribution in [-0.4, -0.2) is 16.9 Å². The lowest BCUT2D eigenvalue weighted by Crippen LogP contribution is -2.38. The van der Waals surface area contributed by atoms with Crippen molar-refractivity contribution in [3.05, 3.63) is 18.3 Å². The van der Waals surface area contributed by atoms with Gasteiger partial charge in [-0.3, -0.25) is 0 Å². The average molecular weight is 501 g/mol. The van der Waals surface area contributed by atoms with Gasteiger partial charge in [0.25, 0.3) is 0 Å². The first-order valence-corrected chi connectivity index (χ1v) is 10.5. The second-order valence-corrected chi connectivity index (χ2v) is 10.3. The quantitative estimate of drug-likeness (QED) is 0.344. The molecule has 0 amide bonds. The Morgan fingerprint density at radius 1 is 1.64 bits per heavy atom. The number of aryl methyl sites for hydroxylation is 1. The van der Waals surface area contributed by atoms with E-state index in [9.17, 15) is 4.79 Å². The predicted octanol–water partition coefficient (Wildman–Crippen LogP) is 6.47. The summed E-state index contributed by atoms with van der Waals surface area (Å²) >= 11 is 7.72. The lowest BCUT2D eigenvalue weighted by Gasteiger charge is -2.34. The first-order valence-electron chi connectivity index (χ1n) is 7.82. The maximum Gasteiger partial charge on any atom is 0.506 e. The van der Waals surface area contributed by atoms with Crippen molar-refractivity contribution in [1.29, 1.82) is 0 Å². The minimum absolute atomic E-state index is 0.347. The zero-order valence-corrected chi connectivity index (χ0v) is 17.3. The van der Waals surface area contributed by atoms with Gasteiger partial charge in [-0.25, -0.2) is 4.79 Å². The fourth-order valence-electron chi connectivity index (χ4n) is 3.56. The molecule has 1 saturated carbocycles. The summed E-state index contributed by atoms with van der Waals surface area (Å²) in [5.74, 6) is 0.347. The molecule has 1 N–H and O–H groups in total. The molecule has 0 spiro atoms. The van der Waals surface area contributed by atoms with Crippen molar-refractivity contribution >= 4 is 56.0 Å². The smallest absolute Gasteiger partial charge is 0.450 e. The van der Waals surface area contributed by atoms with Gasteiger partial charge in [-0.15, -0.1) is 11.3 Å². The van der Waals surface area contributed by atoms with Crippen molar-refractivity contribution in [3.8, 4) is 0 Å². The van der Waals surface area contributed by atoms with E-state index >= 15 is 0 Å². The Morgan fingerprint density at radius 2 is 2.41 bits per heavy atom. The molecule has 0 aromatic carbocycles. The van der Waals surface area contributed by atoms with Crippen LogP contribution in [0, 0.1) is 8.80 Å². The second kappa shape index (κ2) is 8.33. The van der Waals surface area contributed by atoms with Crippen LogP contribution in [0.1, 0.15) is 57.4 Å². The highest BCUT2D eigenvalue weighted by atomic mass is 127. The van der Waals surface area contributed by atoms with Gasteiger partial charge in [0.15, 0.2) is 0 Å². The van der Waals surface area contributed by atoms with Crippen LogP contribution < -0.4 is 0 Å². The summed E-state index contributed by atoms with van der Waals surface area (Å²) in [6.07, 6.45) is 6.88. The number of unbranched alkanes of at least 4 members (excludes halogenated alkanes) is 1. The van der Waals surface area contributed by atoms with E-state index in [1.165, 1.54) is 12.2 Å². The van der Waals surface area contributed by atoms with Gasteiger partial charge in [-0.2, -0.15) is 0 Å². The highest BCUT2D eigenvalue weighted by Gasteiger charge is 2.45. The number of hydrogen-bond donors (Lipinski definition) is 1. The van der Waals surface area contributed by atoms with E-state index in [1.807, 2.05) is 0 Å². The average Bonchev–Trinajstić information content (AvgIpc) is 2.97. The van der Waals surface area contributed by atoms with Gasteiger partial charge in [0, 0.05) is 0 Å². The summed E-state index contributed by atoms with van der Waals surface area (Å²) in [6, 6.07) is 2.22. The third-order valence-corrected chi connectivity index (χ3v) is 7.35. The van der Waals surface area contributed by atoms with Gasteiger partial charge in [-0.1, -0.05) is 13.3 Å². The molecule has 2 unspecified atom stereocenters. The van der Waals surface area contributed by atoms with Gasteiger partial charge < -0.3 is 9.84 Å². The molecule has 1 aromatic heterocycles. The van der Waals surface area contributed by atoms with Crippen molar-refractivity contribution in [2.24, 2.45) is 5.92 Å². The van der Waals surface area contributed by atoms with Crippen LogP contribution in [0.25, 0.3) is 0 Å². The molecule has 1 aliphatic rings. The summed E-state index contributed by atoms with van der Waals surface area (Å²) < 4.78 is 7.93. The van der Waals surface area contributed by atoms with Crippen molar-refractivity contribution in [2.45, 2.75) is 63.9 Å². The monoisotopic (exact) mass is 500 g/mol. The highest BCUT2D eigenvalue weighted by Crippen LogP contribution is 2.45. The van der Waals surface area contributed by atoms with E-state index < -0.39 is 11.8 Å². The molecule has 0 aliphatic heterocycles. The lowest BCUT2D eigenvalue weighted by molar-refractivity contribution is -0.0517. The third kappa shape index (κ3) is 4.60. The van der Waals surface area contributed by atoms with Crippen LogP contribution in [0.4, 0.5) is 4.79 Å². The fourth-order valence-corrected chi connectivity index (χ4v) is 7.01. The first-order chi connectivity index (χ1) is 10.5. The summed E-state index contributed by atoms with van der Waals surface area (Å²) in [4.78, 5) is 11.2. The molecule has 2 atom stereocenters. The van der Waals surface area contributed by atoms with Gasteiger partial charge >= 0.3 is 6.16 Å². The zero-order chi connectivity index (χ0) is 16.2. The Balaban J connectivity index is 2.05. The van der Waals surface area contributed by atoms with Crippen molar-refractivity contribution in [2.75, 3.05) is 0 Å². The van der Waals surface area contributed by atoms with Gasteiger partial charge in [0.05, 0.1) is 6.67 Å². The summed E-state index contributed by atoms with van der Waals surface area (Å²) in [5, 5.41) is 9.16. The molecule has 6 heteroatoms. The lowest BCUT2D eigenvalue weighted by atomic mass is 9.82. The van der Waals surface area contributed by atoms with E-state index in [0.717, 1.165) is 51.4 Å². The molecule has 1 heterocycles. The molecule has 1 aliphatic carbocycles. The van der Waals surface area contributed by atoms with Gasteiger partial charge in [0.2, 0.25) is 0 Å². The number of rotatable bonds is 7. The maximum absolute atomic E-state index is 11.2. The minimum atomic E-state index is -1.12. The SMILES string of the molecule is CCCCC1(OC(=O)O)CCCC1CCc1cc(I)sc1Br. The van der Waals surface area contributed by atoms with Gasteiger partial charge in [-0.05, 0) is 101 Å². The van der Waals surface area contributed by atoms with Crippen molar-refractivity contribution < 1.29 is 14.6 Å². The standard InChI is InChI=1S/C16H22BrIO3S/c1-2-3-8-16(21-15(19)20)9-4-5-12(16)7-6-11-10-13(18)22-14(11)17/h10,12H,2-9H2,1H3,(H,19,20). The first kappa shape index (κ1) is 18.5. The predicted molar refractivity (Wildman–Crippen MR) is 102 cm³/mol. The minimum Gasteiger partial charge on any atom is -0.450 e. The van der Waals surface area contributed by atoms with E-state index in [1.54, 1.807) is 11.3 Å². The van der Waals surface area contributed by atoms with Crippen LogP contribution in [0.3, 0.4) is 0 Å². The van der Waals surface area contributed by atoms with E-state index in [4.69, 9.17) is 9.84 Å². The van der Waals surface area contributed by atoms with Crippen LogP contribution in [0.5, 0.6) is 0 Å². The molecule has 22 heavy (non-hydrogen) atoms. The Bertz CT molecular complexity index is 519. The molecular weight excluding hydrogens is 479 g/mol. The van der Waals surface area contributed by atoms with Crippen LogP contribution >= 0.6 is 49.9 Å². The Morgan fingerprint density at radius 3 is 3.00 bits per heavy atom. The summed E-state index contributed by atoms with van der Waals surface area (Å²) in [5.41, 5.74) is 0.887. The largest absolute Gasteiger partial charge is 0.506 e. The van der Waals surface area contributed by atoms with E-state index in [2.05, 4.69) is 51.5 Å². The number of carboxylic acid groups (broad SMARTS) is 1. The number of carbonyl (C=O) groups is 1. The number of thiophene rings is 1. The number of hydrogen-bond acceptors (Lipinski definition) is 3. The van der Waals surface area contributed by atoms with Crippen LogP contribution in [0.2, 0.25) is 0 Å². The fraction of sp³-hybridized carbons (Fsp3) is 0.688. The van der Waals surface area contributed by atoms with Crippen LogP contribution in [-0.2, 0) is 11.2 Å². The molecule has 124 valence electrons. The molecule has 1 aromatic rings.